The number of pyridine rings is 1. The highest BCUT2D eigenvalue weighted by Gasteiger charge is 2.29. The van der Waals surface area contributed by atoms with Crippen molar-refractivity contribution >= 4 is 28.0 Å². The van der Waals surface area contributed by atoms with E-state index in [9.17, 15) is 9.18 Å². The molecule has 1 amide bonds. The molecule has 0 N–H and O–H groups in total. The molecule has 1 aromatic carbocycles. The smallest absolute Gasteiger partial charge is 0.255 e. The molecule has 0 bridgehead atoms. The van der Waals surface area contributed by atoms with Crippen LogP contribution in [0.15, 0.2) is 42.9 Å². The van der Waals surface area contributed by atoms with E-state index in [1.807, 2.05) is 34.7 Å². The minimum Gasteiger partial charge on any atom is -0.490 e. The third-order valence-corrected chi connectivity index (χ3v) is 8.01. The standard InChI is InChI=1S/C30H32FN7O2/c1-3-10-37-11-9-22-21(30(37)39)15-23-28(33-22)35(2)29(34-23)24-14-20-5-4-6-25(27(20)38(24)16-19-7-8-19)40-13-12-36-17-26(31)32-18-36/h4-6,14-15,17-19H,3,7-13,16H2,1-2H3. The van der Waals surface area contributed by atoms with E-state index in [0.29, 0.717) is 31.2 Å². The number of nitrogens with zero attached hydrogens (tertiary/aromatic N) is 7. The van der Waals surface area contributed by atoms with Crippen molar-refractivity contribution in [1.29, 1.82) is 0 Å². The molecule has 1 aliphatic heterocycles. The summed E-state index contributed by atoms with van der Waals surface area (Å²) in [6, 6.07) is 10.2. The number of aryl methyl sites for hydroxylation is 1. The van der Waals surface area contributed by atoms with Crippen LogP contribution in [0.1, 0.15) is 42.2 Å². The van der Waals surface area contributed by atoms with Crippen LogP contribution in [0.2, 0.25) is 0 Å². The fraction of sp³-hybridized carbons (Fsp3) is 0.400. The Labute approximate surface area is 231 Å². The summed E-state index contributed by atoms with van der Waals surface area (Å²) in [5, 5.41) is 1.08. The van der Waals surface area contributed by atoms with Gasteiger partial charge in [-0.15, -0.1) is 0 Å². The van der Waals surface area contributed by atoms with Crippen molar-refractivity contribution in [3.8, 4) is 17.3 Å². The van der Waals surface area contributed by atoms with E-state index in [0.717, 1.165) is 71.0 Å². The Bertz CT molecular complexity index is 1750. The van der Waals surface area contributed by atoms with E-state index in [1.54, 1.807) is 4.57 Å². The first kappa shape index (κ1) is 24.8. The van der Waals surface area contributed by atoms with Crippen molar-refractivity contribution in [2.45, 2.75) is 45.7 Å². The van der Waals surface area contributed by atoms with Crippen LogP contribution in [-0.4, -0.2) is 59.2 Å². The summed E-state index contributed by atoms with van der Waals surface area (Å²) in [4.78, 5) is 28.7. The second-order valence-electron chi connectivity index (χ2n) is 10.9. The lowest BCUT2D eigenvalue weighted by molar-refractivity contribution is 0.0738. The largest absolute Gasteiger partial charge is 0.490 e. The Morgan fingerprint density at radius 2 is 2.02 bits per heavy atom. The first-order valence-corrected chi connectivity index (χ1v) is 14.1. The number of rotatable bonds is 9. The van der Waals surface area contributed by atoms with Gasteiger partial charge < -0.3 is 23.3 Å². The number of fused-ring (bicyclic) bond motifs is 3. The maximum Gasteiger partial charge on any atom is 0.255 e. The summed E-state index contributed by atoms with van der Waals surface area (Å²) >= 11 is 0. The second kappa shape index (κ2) is 9.76. The predicted octanol–water partition coefficient (Wildman–Crippen LogP) is 4.82. The molecule has 2 aliphatic rings. The van der Waals surface area contributed by atoms with Gasteiger partial charge in [0.1, 0.15) is 17.9 Å². The van der Waals surface area contributed by atoms with Crippen molar-refractivity contribution in [2.24, 2.45) is 13.0 Å². The third kappa shape index (κ3) is 4.31. The summed E-state index contributed by atoms with van der Waals surface area (Å²) in [5.74, 6) is 1.79. The Balaban J connectivity index is 1.28. The summed E-state index contributed by atoms with van der Waals surface area (Å²) in [7, 11) is 2.00. The Hall–Kier alpha value is -4.21. The molecular formula is C30H32FN7O2. The summed E-state index contributed by atoms with van der Waals surface area (Å²) < 4.78 is 25.6. The Morgan fingerprint density at radius 3 is 2.80 bits per heavy atom. The highest BCUT2D eigenvalue weighted by atomic mass is 19.1. The van der Waals surface area contributed by atoms with E-state index in [2.05, 4.69) is 28.6 Å². The lowest BCUT2D eigenvalue weighted by atomic mass is 10.0. The van der Waals surface area contributed by atoms with Gasteiger partial charge in [0, 0.05) is 38.5 Å². The number of benzene rings is 1. The number of aromatic nitrogens is 6. The zero-order valence-electron chi connectivity index (χ0n) is 22.8. The van der Waals surface area contributed by atoms with Crippen LogP contribution in [0, 0.1) is 11.9 Å². The molecule has 1 fully saturated rings. The fourth-order valence-corrected chi connectivity index (χ4v) is 5.81. The normalized spacial score (nSPS) is 15.4. The van der Waals surface area contributed by atoms with Crippen LogP contribution in [-0.2, 0) is 26.6 Å². The van der Waals surface area contributed by atoms with E-state index in [1.165, 1.54) is 25.4 Å². The van der Waals surface area contributed by atoms with E-state index < -0.39 is 5.95 Å². The van der Waals surface area contributed by atoms with Crippen LogP contribution >= 0.6 is 0 Å². The van der Waals surface area contributed by atoms with Gasteiger partial charge in [0.2, 0.25) is 5.95 Å². The van der Waals surface area contributed by atoms with Gasteiger partial charge in [-0.05, 0) is 43.4 Å². The van der Waals surface area contributed by atoms with Gasteiger partial charge in [0.25, 0.3) is 5.91 Å². The van der Waals surface area contributed by atoms with Crippen LogP contribution in [0.5, 0.6) is 5.75 Å². The van der Waals surface area contributed by atoms with Crippen LogP contribution in [0.4, 0.5) is 4.39 Å². The number of para-hydroxylation sites is 1. The molecule has 0 radical (unpaired) electrons. The van der Waals surface area contributed by atoms with Crippen LogP contribution in [0.3, 0.4) is 0 Å². The fourth-order valence-electron chi connectivity index (χ4n) is 5.81. The maximum atomic E-state index is 13.3. The third-order valence-electron chi connectivity index (χ3n) is 8.01. The first-order valence-electron chi connectivity index (χ1n) is 14.1. The van der Waals surface area contributed by atoms with Gasteiger partial charge in [0.15, 0.2) is 11.5 Å². The molecule has 1 aliphatic carbocycles. The maximum absolute atomic E-state index is 13.3. The Kier molecular flexibility index (Phi) is 6.05. The Morgan fingerprint density at radius 1 is 1.15 bits per heavy atom. The molecule has 5 aromatic rings. The molecule has 10 heteroatoms. The van der Waals surface area contributed by atoms with Crippen LogP contribution in [0.25, 0.3) is 33.6 Å². The molecule has 40 heavy (non-hydrogen) atoms. The minimum absolute atomic E-state index is 0.0489. The van der Waals surface area contributed by atoms with Gasteiger partial charge in [-0.25, -0.2) is 15.0 Å². The summed E-state index contributed by atoms with van der Waals surface area (Å²) in [6.45, 7) is 5.32. The van der Waals surface area contributed by atoms with Crippen molar-refractivity contribution < 1.29 is 13.9 Å². The number of ether oxygens (including phenoxy) is 1. The number of carbonyl (C=O) groups excluding carboxylic acids is 1. The molecule has 0 spiro atoms. The summed E-state index contributed by atoms with van der Waals surface area (Å²) in [5.41, 5.74) is 5.08. The van der Waals surface area contributed by atoms with Gasteiger partial charge in [-0.3, -0.25) is 4.79 Å². The zero-order valence-corrected chi connectivity index (χ0v) is 22.8. The van der Waals surface area contributed by atoms with Gasteiger partial charge in [-0.2, -0.15) is 4.39 Å². The topological polar surface area (TPSA) is 83.0 Å². The zero-order chi connectivity index (χ0) is 27.4. The molecule has 0 saturated heterocycles. The number of carbonyl (C=O) groups is 1. The number of halogens is 1. The van der Waals surface area contributed by atoms with Crippen molar-refractivity contribution in [2.75, 3.05) is 19.7 Å². The van der Waals surface area contributed by atoms with Gasteiger partial charge in [0.05, 0.1) is 41.5 Å². The lowest BCUT2D eigenvalue weighted by Gasteiger charge is -2.27. The number of hydrogen-bond donors (Lipinski definition) is 0. The second-order valence-corrected chi connectivity index (χ2v) is 10.9. The van der Waals surface area contributed by atoms with Crippen molar-refractivity contribution in [1.82, 2.24) is 33.6 Å². The number of amides is 1. The average Bonchev–Trinajstić information content (AvgIpc) is 3.43. The van der Waals surface area contributed by atoms with Crippen LogP contribution < -0.4 is 4.74 Å². The monoisotopic (exact) mass is 541 g/mol. The predicted molar refractivity (Wildman–Crippen MR) is 150 cm³/mol. The minimum atomic E-state index is -0.495. The van der Waals surface area contributed by atoms with Crippen molar-refractivity contribution in [3.63, 3.8) is 0 Å². The van der Waals surface area contributed by atoms with Gasteiger partial charge >= 0.3 is 0 Å². The average molecular weight is 542 g/mol. The van der Waals surface area contributed by atoms with Gasteiger partial charge in [-0.1, -0.05) is 19.1 Å². The molecule has 0 atom stereocenters. The SMILES string of the molecule is CCCN1CCc2nc3c(cc2C1=O)nc(-c1cc2cccc(OCCn4cnc(F)c4)c2n1CC1CC1)n3C. The molecule has 0 unspecified atom stereocenters. The molecule has 4 aromatic heterocycles. The highest BCUT2D eigenvalue weighted by Crippen LogP contribution is 2.39. The van der Waals surface area contributed by atoms with Crippen molar-refractivity contribution in [3.05, 3.63) is 60.1 Å². The van der Waals surface area contributed by atoms with E-state index in [4.69, 9.17) is 14.7 Å². The quantitative estimate of drug-likeness (QED) is 0.267. The first-order chi connectivity index (χ1) is 19.5. The number of imidazole rings is 2. The molecule has 206 valence electrons. The summed E-state index contributed by atoms with van der Waals surface area (Å²) in [6.07, 6.45) is 6.95. The highest BCUT2D eigenvalue weighted by molar-refractivity contribution is 5.99. The van der Waals surface area contributed by atoms with E-state index in [-0.39, 0.29) is 5.91 Å². The molecule has 7 rings (SSSR count). The lowest BCUT2D eigenvalue weighted by Crippen LogP contribution is -2.38. The number of hydrogen-bond acceptors (Lipinski definition) is 5. The molecule has 9 nitrogen and oxygen atoms in total. The molecule has 1 saturated carbocycles. The van der Waals surface area contributed by atoms with E-state index >= 15 is 0 Å². The molecular weight excluding hydrogens is 509 g/mol. The molecule has 5 heterocycles.